The maximum atomic E-state index is 6.48. The minimum atomic E-state index is 0.0804. The highest BCUT2D eigenvalue weighted by Crippen LogP contribution is 2.46. The first kappa shape index (κ1) is 30.4. The van der Waals surface area contributed by atoms with Gasteiger partial charge in [-0.3, -0.25) is 0 Å². The molecule has 0 spiro atoms. The first-order valence-corrected chi connectivity index (χ1v) is 18.0. The Hall–Kier alpha value is -6.39. The fraction of sp³-hybridized carbons (Fsp3) is 0.104. The summed E-state index contributed by atoms with van der Waals surface area (Å²) in [5, 5.41) is 6.74. The number of fused-ring (bicyclic) bond motifs is 5. The van der Waals surface area contributed by atoms with Crippen LogP contribution in [0.1, 0.15) is 37.3 Å². The Labute approximate surface area is 302 Å². The van der Waals surface area contributed by atoms with Crippen molar-refractivity contribution in [3.05, 3.63) is 169 Å². The van der Waals surface area contributed by atoms with Gasteiger partial charge in [0.25, 0.3) is 0 Å². The molecule has 248 valence electrons. The molecule has 0 amide bonds. The van der Waals surface area contributed by atoms with E-state index in [1.807, 2.05) is 12.1 Å². The second kappa shape index (κ2) is 12.1. The fourth-order valence-corrected chi connectivity index (χ4v) is 8.03. The molecular formula is C48H35N3O. The van der Waals surface area contributed by atoms with Gasteiger partial charge in [0.05, 0.1) is 0 Å². The number of allylic oxidation sites excluding steroid dienone is 2. The van der Waals surface area contributed by atoms with Gasteiger partial charge in [0.2, 0.25) is 0 Å². The Bertz CT molecular complexity index is 2750. The van der Waals surface area contributed by atoms with Crippen molar-refractivity contribution in [2.75, 3.05) is 0 Å². The molecule has 1 atom stereocenters. The normalized spacial score (nSPS) is 16.1. The number of hydrogen-bond donors (Lipinski definition) is 0. The lowest BCUT2D eigenvalue weighted by Crippen LogP contribution is -2.24. The van der Waals surface area contributed by atoms with Crippen LogP contribution in [-0.4, -0.2) is 15.0 Å². The third kappa shape index (κ3) is 5.18. The van der Waals surface area contributed by atoms with E-state index < -0.39 is 0 Å². The lowest BCUT2D eigenvalue weighted by molar-refractivity contribution is 0.433. The van der Waals surface area contributed by atoms with Crippen molar-refractivity contribution < 1.29 is 4.42 Å². The fourth-order valence-electron chi connectivity index (χ4n) is 8.03. The molecule has 2 aromatic heterocycles. The van der Waals surface area contributed by atoms with Gasteiger partial charge < -0.3 is 4.42 Å². The molecule has 0 aliphatic heterocycles. The lowest BCUT2D eigenvalue weighted by atomic mass is 9.70. The van der Waals surface area contributed by atoms with E-state index >= 15 is 0 Å². The zero-order valence-electron chi connectivity index (χ0n) is 28.9. The molecule has 4 heteroatoms. The van der Waals surface area contributed by atoms with E-state index in [4.69, 9.17) is 19.4 Å². The molecule has 10 rings (SSSR count). The molecule has 1 aliphatic rings. The Balaban J connectivity index is 1.22. The van der Waals surface area contributed by atoms with Gasteiger partial charge in [-0.15, -0.1) is 0 Å². The highest BCUT2D eigenvalue weighted by Gasteiger charge is 2.31. The molecule has 0 fully saturated rings. The van der Waals surface area contributed by atoms with Crippen LogP contribution >= 0.6 is 0 Å². The molecule has 0 saturated carbocycles. The smallest absolute Gasteiger partial charge is 0.165 e. The molecule has 4 nitrogen and oxygen atoms in total. The van der Waals surface area contributed by atoms with Gasteiger partial charge in [-0.2, -0.15) is 0 Å². The number of para-hydroxylation sites is 1. The van der Waals surface area contributed by atoms with Gasteiger partial charge >= 0.3 is 0 Å². The minimum Gasteiger partial charge on any atom is -0.456 e. The third-order valence-corrected chi connectivity index (χ3v) is 11.0. The average Bonchev–Trinajstić information content (AvgIpc) is 3.59. The Morgan fingerprint density at radius 3 is 1.79 bits per heavy atom. The molecule has 0 bridgehead atoms. The number of nitrogens with zero attached hydrogens (tertiary/aromatic N) is 3. The van der Waals surface area contributed by atoms with Gasteiger partial charge in [-0.05, 0) is 87.2 Å². The van der Waals surface area contributed by atoms with Crippen LogP contribution in [0.2, 0.25) is 0 Å². The SMILES string of the molecule is CC1(c2ccccc2)CC=C(c2ccc3oc4ccccc4c3c2-c2nc(-c3ccc4ccccc4c3)nc(-c3ccc4ccccc4c3)n2)CC1. The first-order chi connectivity index (χ1) is 25.6. The molecule has 1 aliphatic carbocycles. The van der Waals surface area contributed by atoms with E-state index in [1.165, 1.54) is 21.9 Å². The van der Waals surface area contributed by atoms with Crippen molar-refractivity contribution in [2.24, 2.45) is 0 Å². The molecule has 9 aromatic rings. The van der Waals surface area contributed by atoms with E-state index in [0.717, 1.165) is 74.2 Å². The van der Waals surface area contributed by atoms with E-state index in [9.17, 15) is 0 Å². The molecule has 0 saturated heterocycles. The summed E-state index contributed by atoms with van der Waals surface area (Å²) in [5.41, 5.74) is 8.50. The minimum absolute atomic E-state index is 0.0804. The number of hydrogen-bond acceptors (Lipinski definition) is 4. The summed E-state index contributed by atoms with van der Waals surface area (Å²) in [4.78, 5) is 15.9. The van der Waals surface area contributed by atoms with Crippen LogP contribution in [0.4, 0.5) is 0 Å². The van der Waals surface area contributed by atoms with Crippen molar-refractivity contribution in [1.82, 2.24) is 15.0 Å². The van der Waals surface area contributed by atoms with Crippen molar-refractivity contribution in [2.45, 2.75) is 31.6 Å². The summed E-state index contributed by atoms with van der Waals surface area (Å²) in [6.45, 7) is 2.39. The third-order valence-electron chi connectivity index (χ3n) is 11.0. The molecule has 7 aromatic carbocycles. The zero-order chi connectivity index (χ0) is 34.6. The Morgan fingerprint density at radius 2 is 1.13 bits per heavy atom. The molecule has 52 heavy (non-hydrogen) atoms. The van der Waals surface area contributed by atoms with Crippen molar-refractivity contribution in [3.63, 3.8) is 0 Å². The predicted octanol–water partition coefficient (Wildman–Crippen LogP) is 12.6. The van der Waals surface area contributed by atoms with Crippen LogP contribution in [0.15, 0.2) is 162 Å². The summed E-state index contributed by atoms with van der Waals surface area (Å²) in [5.74, 6) is 1.93. The lowest BCUT2D eigenvalue weighted by Gasteiger charge is -2.34. The van der Waals surface area contributed by atoms with Crippen LogP contribution in [0, 0.1) is 0 Å². The maximum absolute atomic E-state index is 6.48. The van der Waals surface area contributed by atoms with E-state index in [-0.39, 0.29) is 5.41 Å². The molecule has 0 radical (unpaired) electrons. The molecule has 1 unspecified atom stereocenters. The van der Waals surface area contributed by atoms with Gasteiger partial charge in [-0.1, -0.05) is 140 Å². The van der Waals surface area contributed by atoms with Crippen LogP contribution in [0.3, 0.4) is 0 Å². The summed E-state index contributed by atoms with van der Waals surface area (Å²) in [6.07, 6.45) is 5.39. The van der Waals surface area contributed by atoms with Gasteiger partial charge in [-0.25, -0.2) is 15.0 Å². The molecular weight excluding hydrogens is 635 g/mol. The van der Waals surface area contributed by atoms with Crippen molar-refractivity contribution in [3.8, 4) is 34.2 Å². The summed E-state index contributed by atoms with van der Waals surface area (Å²) >= 11 is 0. The van der Waals surface area contributed by atoms with Gasteiger partial charge in [0.1, 0.15) is 11.2 Å². The van der Waals surface area contributed by atoms with Crippen LogP contribution in [0.5, 0.6) is 0 Å². The number of aromatic nitrogens is 3. The highest BCUT2D eigenvalue weighted by molar-refractivity contribution is 6.14. The number of furan rings is 1. The van der Waals surface area contributed by atoms with Crippen LogP contribution in [0.25, 0.3) is 83.2 Å². The summed E-state index contributed by atoms with van der Waals surface area (Å²) < 4.78 is 6.48. The van der Waals surface area contributed by atoms with Crippen molar-refractivity contribution >= 4 is 49.1 Å². The van der Waals surface area contributed by atoms with E-state index in [0.29, 0.717) is 17.5 Å². The second-order valence-electron chi connectivity index (χ2n) is 14.2. The highest BCUT2D eigenvalue weighted by atomic mass is 16.3. The summed E-state index contributed by atoms with van der Waals surface area (Å²) in [6, 6.07) is 53.3. The maximum Gasteiger partial charge on any atom is 0.165 e. The topological polar surface area (TPSA) is 51.8 Å². The average molecular weight is 670 g/mol. The van der Waals surface area contributed by atoms with E-state index in [1.54, 1.807) is 0 Å². The van der Waals surface area contributed by atoms with E-state index in [2.05, 4.69) is 153 Å². The molecule has 0 N–H and O–H groups in total. The quantitative estimate of drug-likeness (QED) is 0.183. The van der Waals surface area contributed by atoms with Crippen LogP contribution < -0.4 is 0 Å². The van der Waals surface area contributed by atoms with Crippen LogP contribution in [-0.2, 0) is 5.41 Å². The van der Waals surface area contributed by atoms with Gasteiger partial charge in [0.15, 0.2) is 17.5 Å². The summed E-state index contributed by atoms with van der Waals surface area (Å²) in [7, 11) is 0. The van der Waals surface area contributed by atoms with Crippen molar-refractivity contribution in [1.29, 1.82) is 0 Å². The Morgan fingerprint density at radius 1 is 0.538 bits per heavy atom. The largest absolute Gasteiger partial charge is 0.456 e. The zero-order valence-corrected chi connectivity index (χ0v) is 28.9. The second-order valence-corrected chi connectivity index (χ2v) is 14.2. The predicted molar refractivity (Wildman–Crippen MR) is 214 cm³/mol. The van der Waals surface area contributed by atoms with Gasteiger partial charge in [0, 0.05) is 27.5 Å². The monoisotopic (exact) mass is 669 g/mol. The Kier molecular flexibility index (Phi) is 7.10. The number of rotatable bonds is 5. The molecule has 2 heterocycles. The first-order valence-electron chi connectivity index (χ1n) is 18.0. The number of benzene rings is 7. The standard InChI is InChI=1S/C48H35N3O/c1-48(38-15-3-2-4-16-38)27-25-33(26-28-48)39-23-24-42-43(40-17-9-10-18-41(40)52-42)44(39)47-50-45(36-21-19-31-11-5-7-13-34(31)29-36)49-46(51-47)37-22-20-32-12-6-8-14-35(32)30-37/h2-25,29-30H,26-28H2,1H3.